The third-order valence-electron chi connectivity index (χ3n) is 1.07. The predicted molar refractivity (Wildman–Crippen MR) is 37.9 cm³/mol. The molecule has 50 valence electrons. The van der Waals surface area contributed by atoms with Crippen molar-refractivity contribution in [2.24, 2.45) is 0 Å². The van der Waals surface area contributed by atoms with E-state index in [0.29, 0.717) is 6.61 Å². The molecule has 0 spiro atoms. The van der Waals surface area contributed by atoms with Gasteiger partial charge in [0.05, 0.1) is 0 Å². The summed E-state index contributed by atoms with van der Waals surface area (Å²) in [6.45, 7) is 2.32. The molecule has 0 fully saturated rings. The van der Waals surface area contributed by atoms with Crippen LogP contribution in [0.3, 0.4) is 0 Å². The summed E-state index contributed by atoms with van der Waals surface area (Å²) in [7, 11) is 1.68. The zero-order valence-corrected chi connectivity index (χ0v) is 6.35. The number of rotatable bonds is 6. The normalized spacial score (nSPS) is 10.1. The average Bonchev–Trinajstić information content (AvgIpc) is 1.89. The van der Waals surface area contributed by atoms with Gasteiger partial charge in [0.1, 0.15) is 0 Å². The van der Waals surface area contributed by atoms with Crippen LogP contribution in [-0.2, 0) is 9.47 Å². The maximum atomic E-state index is 5.19. The molecule has 0 rings (SSSR count). The first-order valence-electron chi connectivity index (χ1n) is 3.48. The van der Waals surface area contributed by atoms with Gasteiger partial charge < -0.3 is 0 Å². The van der Waals surface area contributed by atoms with Crippen molar-refractivity contribution in [3.8, 4) is 0 Å². The van der Waals surface area contributed by atoms with E-state index in [-0.39, 0.29) is 0 Å². The van der Waals surface area contributed by atoms with Gasteiger partial charge in [-0.15, -0.1) is 0 Å². The SMILES string of the molecule is [Li][CH2]CCOCCOC. The molecule has 0 saturated heterocycles. The molecule has 0 aliphatic heterocycles. The van der Waals surface area contributed by atoms with Crippen LogP contribution in [0.15, 0.2) is 0 Å². The first-order valence-corrected chi connectivity index (χ1v) is 3.48. The molecule has 0 aliphatic carbocycles. The van der Waals surface area contributed by atoms with E-state index in [0.717, 1.165) is 19.6 Å². The van der Waals surface area contributed by atoms with Gasteiger partial charge >= 0.3 is 65.6 Å². The molecule has 0 unspecified atom stereocenters. The zero-order chi connectivity index (χ0) is 6.95. The Balaban J connectivity index is 2.60. The second kappa shape index (κ2) is 8.52. The van der Waals surface area contributed by atoms with Crippen LogP contribution in [0, 0.1) is 0 Å². The molecule has 0 aromatic rings. The van der Waals surface area contributed by atoms with Gasteiger partial charge in [-0.2, -0.15) is 0 Å². The molecule has 0 radical (unpaired) electrons. The Hall–Kier alpha value is 0.517. The Morgan fingerprint density at radius 2 is 2.00 bits per heavy atom. The molecule has 0 amide bonds. The molecule has 0 aromatic carbocycles. The fourth-order valence-electron chi connectivity index (χ4n) is 0.491. The van der Waals surface area contributed by atoms with Crippen LogP contribution < -0.4 is 0 Å². The first-order chi connectivity index (χ1) is 4.41. The van der Waals surface area contributed by atoms with Crippen LogP contribution in [0.5, 0.6) is 0 Å². The summed E-state index contributed by atoms with van der Waals surface area (Å²) in [5.41, 5.74) is 0. The molecule has 0 saturated carbocycles. The van der Waals surface area contributed by atoms with E-state index in [1.807, 2.05) is 0 Å². The summed E-state index contributed by atoms with van der Waals surface area (Å²) in [4.78, 5) is 0. The summed E-state index contributed by atoms with van der Waals surface area (Å²) < 4.78 is 9.99. The van der Waals surface area contributed by atoms with E-state index in [1.54, 1.807) is 7.11 Å². The van der Waals surface area contributed by atoms with Crippen molar-refractivity contribution in [2.45, 2.75) is 11.5 Å². The Kier molecular flexibility index (Phi) is 9.01. The van der Waals surface area contributed by atoms with Gasteiger partial charge in [0.15, 0.2) is 0 Å². The van der Waals surface area contributed by atoms with Crippen molar-refractivity contribution in [1.82, 2.24) is 0 Å². The molecule has 9 heavy (non-hydrogen) atoms. The molecule has 0 bridgehead atoms. The van der Waals surface area contributed by atoms with Crippen molar-refractivity contribution in [3.63, 3.8) is 0 Å². The molecule has 0 atom stereocenters. The standard InChI is InChI=1S/C6H13O2.Li/c1-3-4-8-6-5-7-2;/h1,3-6H2,2H3;. The third kappa shape index (κ3) is 8.52. The van der Waals surface area contributed by atoms with E-state index in [2.05, 4.69) is 17.7 Å². The van der Waals surface area contributed by atoms with Gasteiger partial charge in [0.25, 0.3) is 0 Å². The van der Waals surface area contributed by atoms with Crippen molar-refractivity contribution in [1.29, 1.82) is 0 Å². The van der Waals surface area contributed by atoms with Crippen LogP contribution in [-0.4, -0.2) is 44.6 Å². The van der Waals surface area contributed by atoms with Crippen molar-refractivity contribution < 1.29 is 9.47 Å². The Labute approximate surface area is 66.1 Å². The fourth-order valence-corrected chi connectivity index (χ4v) is 0.491. The van der Waals surface area contributed by atoms with E-state index in [9.17, 15) is 0 Å². The Bertz CT molecular complexity index is 44.3. The van der Waals surface area contributed by atoms with E-state index < -0.39 is 0 Å². The van der Waals surface area contributed by atoms with Crippen LogP contribution >= 0.6 is 0 Å². The van der Waals surface area contributed by atoms with Gasteiger partial charge in [-0.3, -0.25) is 0 Å². The number of hydrogen-bond donors (Lipinski definition) is 0. The number of hydrogen-bond acceptors (Lipinski definition) is 2. The third-order valence-corrected chi connectivity index (χ3v) is 1.07. The first kappa shape index (κ1) is 9.52. The fraction of sp³-hybridized carbons (Fsp3) is 1.00. The Morgan fingerprint density at radius 3 is 2.56 bits per heavy atom. The minimum absolute atomic E-state index is 0.712. The maximum absolute atomic E-state index is 5.19. The van der Waals surface area contributed by atoms with Crippen LogP contribution in [0.4, 0.5) is 0 Å². The van der Waals surface area contributed by atoms with Crippen molar-refractivity contribution >= 4 is 17.7 Å². The van der Waals surface area contributed by atoms with Gasteiger partial charge in [-0.05, 0) is 0 Å². The molecular weight excluding hydrogens is 111 g/mol. The van der Waals surface area contributed by atoms with Crippen LogP contribution in [0.2, 0.25) is 5.09 Å². The van der Waals surface area contributed by atoms with Crippen molar-refractivity contribution in [2.75, 3.05) is 26.9 Å². The van der Waals surface area contributed by atoms with Gasteiger partial charge in [0, 0.05) is 0 Å². The van der Waals surface area contributed by atoms with Gasteiger partial charge in [0.2, 0.25) is 0 Å². The summed E-state index contributed by atoms with van der Waals surface area (Å²) in [5, 5.41) is 1.20. The molecule has 3 heteroatoms. The number of ether oxygens (including phenoxy) is 2. The summed E-state index contributed by atoms with van der Waals surface area (Å²) in [5.74, 6) is 0. The Morgan fingerprint density at radius 1 is 1.22 bits per heavy atom. The molecule has 0 heterocycles. The molecule has 0 N–H and O–H groups in total. The van der Waals surface area contributed by atoms with Gasteiger partial charge in [-0.25, -0.2) is 0 Å². The minimum atomic E-state index is 0.712. The summed E-state index contributed by atoms with van der Waals surface area (Å²) >= 11 is 2.15. The second-order valence-electron chi connectivity index (χ2n) is 1.96. The average molecular weight is 124 g/mol. The van der Waals surface area contributed by atoms with E-state index >= 15 is 0 Å². The van der Waals surface area contributed by atoms with Gasteiger partial charge in [-0.1, -0.05) is 0 Å². The van der Waals surface area contributed by atoms with E-state index in [4.69, 9.17) is 9.47 Å². The van der Waals surface area contributed by atoms with Crippen LogP contribution in [0.1, 0.15) is 6.42 Å². The number of methoxy groups -OCH3 is 1. The molecule has 0 aromatic heterocycles. The monoisotopic (exact) mass is 124 g/mol. The second-order valence-corrected chi connectivity index (χ2v) is 1.96. The van der Waals surface area contributed by atoms with E-state index in [1.165, 1.54) is 5.09 Å². The molecule has 0 aliphatic rings. The van der Waals surface area contributed by atoms with Crippen molar-refractivity contribution in [3.05, 3.63) is 0 Å². The quantitative estimate of drug-likeness (QED) is 0.382. The predicted octanol–water partition coefficient (Wildman–Crippen LogP) is 0.626. The molecular formula is C6H13LiO2. The summed E-state index contributed by atoms with van der Waals surface area (Å²) in [6.07, 6.45) is 1.16. The van der Waals surface area contributed by atoms with Crippen LogP contribution in [0.25, 0.3) is 0 Å². The molecule has 2 nitrogen and oxygen atoms in total. The summed E-state index contributed by atoms with van der Waals surface area (Å²) in [6, 6.07) is 0. The zero-order valence-electron chi connectivity index (χ0n) is 6.35. The topological polar surface area (TPSA) is 18.5 Å².